The molecule has 1 saturated heterocycles. The zero-order valence-electron chi connectivity index (χ0n) is 18.2. The number of hydrogen-bond donors (Lipinski definition) is 1. The molecular weight excluding hydrogens is 398 g/mol. The molecule has 4 rings (SSSR count). The van der Waals surface area contributed by atoms with Gasteiger partial charge in [-0.1, -0.05) is 27.7 Å². The Bertz CT molecular complexity index is 1110. The molecule has 0 aromatic carbocycles. The number of nitrogens with one attached hydrogen (secondary N) is 1. The van der Waals surface area contributed by atoms with Crippen LogP contribution in [0.4, 0.5) is 0 Å². The van der Waals surface area contributed by atoms with Crippen molar-refractivity contribution in [1.82, 2.24) is 24.4 Å². The van der Waals surface area contributed by atoms with Crippen molar-refractivity contribution < 1.29 is 4.79 Å². The number of carbonyl (C=O) groups excluding carboxylic acids is 1. The fourth-order valence-electron chi connectivity index (χ4n) is 4.40. The van der Waals surface area contributed by atoms with E-state index in [1.165, 1.54) is 4.68 Å². The summed E-state index contributed by atoms with van der Waals surface area (Å²) in [7, 11) is 0. The largest absolute Gasteiger partial charge is 0.350 e. The molecule has 3 aromatic rings. The maximum atomic E-state index is 13.1. The minimum Gasteiger partial charge on any atom is -0.350 e. The van der Waals surface area contributed by atoms with E-state index in [2.05, 4.69) is 43.0 Å². The molecule has 3 aromatic heterocycles. The van der Waals surface area contributed by atoms with E-state index in [0.717, 1.165) is 48.5 Å². The number of fused-ring (bicyclic) bond motifs is 3. The van der Waals surface area contributed by atoms with Gasteiger partial charge in [0, 0.05) is 30.4 Å². The van der Waals surface area contributed by atoms with Crippen LogP contribution in [0.1, 0.15) is 52.3 Å². The van der Waals surface area contributed by atoms with E-state index in [4.69, 9.17) is 0 Å². The Morgan fingerprint density at radius 1 is 1.33 bits per heavy atom. The molecule has 1 amide bonds. The van der Waals surface area contributed by atoms with Gasteiger partial charge in [-0.25, -0.2) is 4.68 Å². The predicted molar refractivity (Wildman–Crippen MR) is 121 cm³/mol. The lowest BCUT2D eigenvalue weighted by Crippen LogP contribution is -2.49. The summed E-state index contributed by atoms with van der Waals surface area (Å²) in [5.74, 6) is 1.40. The SMILES string of the molecule is CC(C)CN1CCCC(NC(=O)Cn2nc(C(C)C)n3c(cc4ccsc43)c2=O)C1. The Balaban J connectivity index is 1.55. The number of nitrogens with zero attached hydrogens (tertiary/aromatic N) is 4. The van der Waals surface area contributed by atoms with Gasteiger partial charge in [-0.15, -0.1) is 11.3 Å². The molecule has 8 heteroatoms. The fraction of sp³-hybridized carbons (Fsp3) is 0.591. The average Bonchev–Trinajstić information content (AvgIpc) is 3.25. The standard InChI is InChI=1S/C22H31N5O2S/c1-14(2)11-25-8-5-6-17(12-25)23-19(28)13-26-21(29)18-10-16-7-9-30-22(16)27(18)20(24-26)15(3)4/h7,9-10,14-15,17H,5-6,8,11-13H2,1-4H3,(H,23,28). The maximum Gasteiger partial charge on any atom is 0.291 e. The van der Waals surface area contributed by atoms with Crippen molar-refractivity contribution in [3.63, 3.8) is 0 Å². The molecule has 0 aliphatic carbocycles. The van der Waals surface area contributed by atoms with Gasteiger partial charge < -0.3 is 10.2 Å². The van der Waals surface area contributed by atoms with E-state index < -0.39 is 0 Å². The van der Waals surface area contributed by atoms with Crippen molar-refractivity contribution in [3.05, 3.63) is 33.7 Å². The highest BCUT2D eigenvalue weighted by Gasteiger charge is 2.23. The Kier molecular flexibility index (Phi) is 5.97. The smallest absolute Gasteiger partial charge is 0.291 e. The first-order chi connectivity index (χ1) is 14.3. The zero-order chi connectivity index (χ0) is 21.4. The van der Waals surface area contributed by atoms with Crippen molar-refractivity contribution >= 4 is 33.0 Å². The molecule has 162 valence electrons. The highest BCUT2D eigenvalue weighted by Crippen LogP contribution is 2.26. The van der Waals surface area contributed by atoms with Crippen LogP contribution in [0.5, 0.6) is 0 Å². The Morgan fingerprint density at radius 2 is 2.13 bits per heavy atom. The number of thiophene rings is 1. The second kappa shape index (κ2) is 8.51. The van der Waals surface area contributed by atoms with Crippen LogP contribution in [-0.2, 0) is 11.3 Å². The molecule has 0 saturated carbocycles. The van der Waals surface area contributed by atoms with Crippen molar-refractivity contribution in [2.45, 2.75) is 59.0 Å². The fourth-order valence-corrected chi connectivity index (χ4v) is 5.30. The summed E-state index contributed by atoms with van der Waals surface area (Å²) in [6, 6.07) is 4.05. The van der Waals surface area contributed by atoms with Gasteiger partial charge in [0.25, 0.3) is 5.56 Å². The van der Waals surface area contributed by atoms with Gasteiger partial charge in [-0.3, -0.25) is 14.0 Å². The highest BCUT2D eigenvalue weighted by molar-refractivity contribution is 7.16. The third-order valence-electron chi connectivity index (χ3n) is 5.62. The van der Waals surface area contributed by atoms with Crippen LogP contribution in [-0.4, -0.2) is 50.7 Å². The first-order valence-electron chi connectivity index (χ1n) is 10.8. The minimum atomic E-state index is -0.219. The summed E-state index contributed by atoms with van der Waals surface area (Å²) >= 11 is 1.60. The van der Waals surface area contributed by atoms with Crippen molar-refractivity contribution in [2.24, 2.45) is 5.92 Å². The van der Waals surface area contributed by atoms with E-state index in [9.17, 15) is 9.59 Å². The summed E-state index contributed by atoms with van der Waals surface area (Å²) in [6.45, 7) is 11.5. The lowest BCUT2D eigenvalue weighted by molar-refractivity contribution is -0.123. The van der Waals surface area contributed by atoms with Crippen LogP contribution < -0.4 is 10.9 Å². The molecule has 0 bridgehead atoms. The lowest BCUT2D eigenvalue weighted by Gasteiger charge is -2.34. The molecule has 1 atom stereocenters. The van der Waals surface area contributed by atoms with E-state index in [1.54, 1.807) is 11.3 Å². The Labute approximate surface area is 180 Å². The van der Waals surface area contributed by atoms with Gasteiger partial charge in [0.2, 0.25) is 5.91 Å². The number of likely N-dealkylation sites (tertiary alicyclic amines) is 1. The monoisotopic (exact) mass is 429 g/mol. The molecular formula is C22H31N5O2S. The highest BCUT2D eigenvalue weighted by atomic mass is 32.1. The lowest BCUT2D eigenvalue weighted by atomic mass is 10.0. The van der Waals surface area contributed by atoms with Crippen LogP contribution in [0.25, 0.3) is 15.7 Å². The molecule has 0 spiro atoms. The van der Waals surface area contributed by atoms with Gasteiger partial charge in [-0.2, -0.15) is 5.10 Å². The van der Waals surface area contributed by atoms with Crippen molar-refractivity contribution in [1.29, 1.82) is 0 Å². The van der Waals surface area contributed by atoms with E-state index in [-0.39, 0.29) is 30.0 Å². The topological polar surface area (TPSA) is 71.6 Å². The van der Waals surface area contributed by atoms with Crippen LogP contribution in [0, 0.1) is 5.92 Å². The molecule has 4 heterocycles. The van der Waals surface area contributed by atoms with E-state index >= 15 is 0 Å². The maximum absolute atomic E-state index is 13.1. The number of amides is 1. The molecule has 1 N–H and O–H groups in total. The van der Waals surface area contributed by atoms with Gasteiger partial charge in [0.05, 0.1) is 0 Å². The number of aromatic nitrogens is 3. The normalized spacial score (nSPS) is 18.1. The van der Waals surface area contributed by atoms with Crippen LogP contribution in [0.15, 0.2) is 22.3 Å². The Morgan fingerprint density at radius 3 is 2.87 bits per heavy atom. The summed E-state index contributed by atoms with van der Waals surface area (Å²) in [6.07, 6.45) is 2.06. The molecule has 30 heavy (non-hydrogen) atoms. The molecule has 0 radical (unpaired) electrons. The minimum absolute atomic E-state index is 0.0471. The number of hydrogen-bond acceptors (Lipinski definition) is 5. The van der Waals surface area contributed by atoms with Crippen LogP contribution in [0.3, 0.4) is 0 Å². The summed E-state index contributed by atoms with van der Waals surface area (Å²) < 4.78 is 3.28. The van der Waals surface area contributed by atoms with Crippen LogP contribution >= 0.6 is 11.3 Å². The zero-order valence-corrected chi connectivity index (χ0v) is 19.0. The molecule has 1 unspecified atom stereocenters. The average molecular weight is 430 g/mol. The molecule has 1 fully saturated rings. The quantitative estimate of drug-likeness (QED) is 0.654. The first-order valence-corrected chi connectivity index (χ1v) is 11.7. The second-order valence-electron chi connectivity index (χ2n) is 9.08. The molecule has 1 aliphatic rings. The number of rotatable bonds is 6. The van der Waals surface area contributed by atoms with Crippen molar-refractivity contribution in [3.8, 4) is 0 Å². The van der Waals surface area contributed by atoms with Crippen LogP contribution in [0.2, 0.25) is 0 Å². The van der Waals surface area contributed by atoms with Crippen molar-refractivity contribution in [2.75, 3.05) is 19.6 Å². The third kappa shape index (κ3) is 4.16. The third-order valence-corrected chi connectivity index (χ3v) is 6.53. The summed E-state index contributed by atoms with van der Waals surface area (Å²) in [5, 5.41) is 10.8. The van der Waals surface area contributed by atoms with Gasteiger partial charge in [-0.05, 0) is 42.8 Å². The number of carbonyl (C=O) groups is 1. The van der Waals surface area contributed by atoms with E-state index in [1.807, 2.05) is 21.9 Å². The molecule has 1 aliphatic heterocycles. The summed E-state index contributed by atoms with van der Waals surface area (Å²) in [5.41, 5.74) is 0.368. The predicted octanol–water partition coefficient (Wildman–Crippen LogP) is 3.07. The van der Waals surface area contributed by atoms with Gasteiger partial charge >= 0.3 is 0 Å². The van der Waals surface area contributed by atoms with Gasteiger partial charge in [0.1, 0.15) is 22.7 Å². The second-order valence-corrected chi connectivity index (χ2v) is 9.98. The Hall–Kier alpha value is -2.19. The number of piperidine rings is 1. The summed E-state index contributed by atoms with van der Waals surface area (Å²) in [4.78, 5) is 29.3. The van der Waals surface area contributed by atoms with E-state index in [0.29, 0.717) is 11.4 Å². The van der Waals surface area contributed by atoms with Gasteiger partial charge in [0.15, 0.2) is 0 Å². The first kappa shape index (κ1) is 21.1. The molecule has 7 nitrogen and oxygen atoms in total.